The number of likely N-dealkylation sites (N-methyl/N-ethyl adjacent to an activating group) is 1. The number of carbonyl (C=O) groups excluding carboxylic acids is 1. The fourth-order valence-corrected chi connectivity index (χ4v) is 1.59. The van der Waals surface area contributed by atoms with Crippen LogP contribution < -0.4 is 5.32 Å². The number of quaternary nitrogens is 1. The molecule has 1 amide bonds. The van der Waals surface area contributed by atoms with Crippen LogP contribution in [0.1, 0.15) is 17.0 Å². The first-order valence-corrected chi connectivity index (χ1v) is 5.80. The van der Waals surface area contributed by atoms with Crippen molar-refractivity contribution in [2.24, 2.45) is 0 Å². The summed E-state index contributed by atoms with van der Waals surface area (Å²) in [6, 6.07) is 3.33. The SMILES string of the molecule is C[N+](C)(CCO)CCCNC(=O)c1ccco1. The first kappa shape index (κ1) is 13.7. The molecule has 1 aromatic rings. The number of amides is 1. The Hall–Kier alpha value is -1.33. The monoisotopic (exact) mass is 241 g/mol. The van der Waals surface area contributed by atoms with E-state index in [-0.39, 0.29) is 12.5 Å². The van der Waals surface area contributed by atoms with Crippen molar-refractivity contribution >= 4 is 5.91 Å². The van der Waals surface area contributed by atoms with Crippen LogP contribution in [0.2, 0.25) is 0 Å². The Bertz CT molecular complexity index is 334. The van der Waals surface area contributed by atoms with E-state index in [1.54, 1.807) is 12.1 Å². The highest BCUT2D eigenvalue weighted by Crippen LogP contribution is 2.00. The molecule has 5 nitrogen and oxygen atoms in total. The maximum Gasteiger partial charge on any atom is 0.286 e. The molecule has 0 bridgehead atoms. The van der Waals surface area contributed by atoms with Gasteiger partial charge in [-0.3, -0.25) is 4.79 Å². The normalized spacial score (nSPS) is 11.5. The molecule has 0 aliphatic carbocycles. The van der Waals surface area contributed by atoms with Gasteiger partial charge < -0.3 is 19.3 Å². The summed E-state index contributed by atoms with van der Waals surface area (Å²) < 4.78 is 5.74. The highest BCUT2D eigenvalue weighted by Gasteiger charge is 2.14. The zero-order valence-corrected chi connectivity index (χ0v) is 10.5. The number of rotatable bonds is 7. The Labute approximate surface area is 102 Å². The molecular weight excluding hydrogens is 220 g/mol. The third-order valence-electron chi connectivity index (χ3n) is 2.68. The number of hydrogen-bond donors (Lipinski definition) is 2. The quantitative estimate of drug-likeness (QED) is 0.539. The third kappa shape index (κ3) is 5.01. The number of hydrogen-bond acceptors (Lipinski definition) is 3. The summed E-state index contributed by atoms with van der Waals surface area (Å²) in [6.45, 7) is 2.45. The second-order valence-corrected chi connectivity index (χ2v) is 4.69. The van der Waals surface area contributed by atoms with Gasteiger partial charge in [-0.25, -0.2) is 0 Å². The summed E-state index contributed by atoms with van der Waals surface area (Å²) in [5, 5.41) is 11.7. The first-order valence-electron chi connectivity index (χ1n) is 5.80. The zero-order chi connectivity index (χ0) is 12.7. The van der Waals surface area contributed by atoms with Gasteiger partial charge in [0.15, 0.2) is 5.76 Å². The lowest BCUT2D eigenvalue weighted by Crippen LogP contribution is -2.43. The van der Waals surface area contributed by atoms with Crippen LogP contribution in [-0.2, 0) is 0 Å². The van der Waals surface area contributed by atoms with Gasteiger partial charge in [0.05, 0.1) is 33.5 Å². The molecule has 1 aromatic heterocycles. The number of nitrogens with zero attached hydrogens (tertiary/aromatic N) is 1. The van der Waals surface area contributed by atoms with Crippen molar-refractivity contribution in [2.75, 3.05) is 40.3 Å². The summed E-state index contributed by atoms with van der Waals surface area (Å²) in [6.07, 6.45) is 2.36. The van der Waals surface area contributed by atoms with Crippen LogP contribution in [0.3, 0.4) is 0 Å². The Morgan fingerprint density at radius 2 is 2.24 bits per heavy atom. The van der Waals surface area contributed by atoms with Gasteiger partial charge in [0.2, 0.25) is 0 Å². The third-order valence-corrected chi connectivity index (χ3v) is 2.68. The van der Waals surface area contributed by atoms with Crippen LogP contribution in [-0.4, -0.2) is 55.8 Å². The molecule has 2 N–H and O–H groups in total. The average molecular weight is 241 g/mol. The van der Waals surface area contributed by atoms with Crippen LogP contribution in [0.4, 0.5) is 0 Å². The van der Waals surface area contributed by atoms with Crippen molar-refractivity contribution in [3.05, 3.63) is 24.2 Å². The van der Waals surface area contributed by atoms with E-state index in [1.807, 2.05) is 0 Å². The van der Waals surface area contributed by atoms with Crippen molar-refractivity contribution in [3.63, 3.8) is 0 Å². The molecule has 0 aliphatic heterocycles. The smallest absolute Gasteiger partial charge is 0.286 e. The fraction of sp³-hybridized carbons (Fsp3) is 0.583. The van der Waals surface area contributed by atoms with Crippen molar-refractivity contribution in [1.82, 2.24) is 5.32 Å². The summed E-state index contributed by atoms with van der Waals surface area (Å²) in [5.41, 5.74) is 0. The van der Waals surface area contributed by atoms with E-state index in [2.05, 4.69) is 19.4 Å². The molecule has 1 rings (SSSR count). The molecular formula is C12H21N2O3+. The molecule has 1 heterocycles. The molecule has 0 aliphatic rings. The molecule has 0 atom stereocenters. The van der Waals surface area contributed by atoms with Crippen LogP contribution in [0, 0.1) is 0 Å². The Balaban J connectivity index is 2.18. The summed E-state index contributed by atoms with van der Waals surface area (Å²) in [5.74, 6) is 0.163. The van der Waals surface area contributed by atoms with E-state index < -0.39 is 0 Å². The Morgan fingerprint density at radius 3 is 2.82 bits per heavy atom. The number of nitrogens with one attached hydrogen (secondary N) is 1. The number of furan rings is 1. The number of aliphatic hydroxyl groups excluding tert-OH is 1. The number of aliphatic hydroxyl groups is 1. The molecule has 0 saturated heterocycles. The maximum atomic E-state index is 11.5. The van der Waals surface area contributed by atoms with E-state index in [0.717, 1.165) is 24.0 Å². The summed E-state index contributed by atoms with van der Waals surface area (Å²) >= 11 is 0. The van der Waals surface area contributed by atoms with E-state index in [0.29, 0.717) is 12.3 Å². The van der Waals surface area contributed by atoms with E-state index in [4.69, 9.17) is 9.52 Å². The van der Waals surface area contributed by atoms with Crippen LogP contribution in [0.5, 0.6) is 0 Å². The van der Waals surface area contributed by atoms with Gasteiger partial charge in [-0.15, -0.1) is 0 Å². The minimum Gasteiger partial charge on any atom is -0.459 e. The lowest BCUT2D eigenvalue weighted by Gasteiger charge is -2.28. The van der Waals surface area contributed by atoms with E-state index in [9.17, 15) is 4.79 Å². The predicted octanol–water partition coefficient (Wildman–Crippen LogP) is 0.468. The van der Waals surface area contributed by atoms with Gasteiger partial charge in [0.25, 0.3) is 5.91 Å². The second-order valence-electron chi connectivity index (χ2n) is 4.69. The first-order chi connectivity index (χ1) is 8.05. The van der Waals surface area contributed by atoms with E-state index >= 15 is 0 Å². The standard InChI is InChI=1S/C12H20N2O3/c1-14(2,8-9-15)7-4-6-13-12(16)11-5-3-10-17-11/h3,5,10,15H,4,6-9H2,1-2H3/p+1. The highest BCUT2D eigenvalue weighted by molar-refractivity contribution is 5.91. The highest BCUT2D eigenvalue weighted by atomic mass is 16.3. The van der Waals surface area contributed by atoms with Gasteiger partial charge in [-0.1, -0.05) is 0 Å². The van der Waals surface area contributed by atoms with Crippen molar-refractivity contribution in [1.29, 1.82) is 0 Å². The van der Waals surface area contributed by atoms with Gasteiger partial charge in [0, 0.05) is 13.0 Å². The minimum atomic E-state index is -0.178. The topological polar surface area (TPSA) is 62.5 Å². The molecule has 0 spiro atoms. The lowest BCUT2D eigenvalue weighted by atomic mass is 10.3. The molecule has 0 aromatic carbocycles. The van der Waals surface area contributed by atoms with Crippen LogP contribution in [0.15, 0.2) is 22.8 Å². The van der Waals surface area contributed by atoms with Crippen molar-refractivity contribution in [2.45, 2.75) is 6.42 Å². The molecule has 5 heteroatoms. The molecule has 17 heavy (non-hydrogen) atoms. The zero-order valence-electron chi connectivity index (χ0n) is 10.5. The maximum absolute atomic E-state index is 11.5. The lowest BCUT2D eigenvalue weighted by molar-refractivity contribution is -0.890. The second kappa shape index (κ2) is 6.42. The Kier molecular flexibility index (Phi) is 5.18. The fourth-order valence-electron chi connectivity index (χ4n) is 1.59. The van der Waals surface area contributed by atoms with Crippen molar-refractivity contribution < 1.29 is 18.8 Å². The average Bonchev–Trinajstić information content (AvgIpc) is 2.77. The molecule has 0 radical (unpaired) electrons. The minimum absolute atomic E-state index is 0.178. The van der Waals surface area contributed by atoms with Crippen LogP contribution >= 0.6 is 0 Å². The van der Waals surface area contributed by atoms with E-state index in [1.165, 1.54) is 6.26 Å². The molecule has 0 saturated carbocycles. The van der Waals surface area contributed by atoms with Gasteiger partial charge in [-0.05, 0) is 12.1 Å². The van der Waals surface area contributed by atoms with Gasteiger partial charge in [0.1, 0.15) is 6.54 Å². The number of carbonyl (C=O) groups is 1. The van der Waals surface area contributed by atoms with Crippen LogP contribution in [0.25, 0.3) is 0 Å². The molecule has 0 unspecified atom stereocenters. The summed E-state index contributed by atoms with van der Waals surface area (Å²) in [7, 11) is 4.12. The Morgan fingerprint density at radius 1 is 1.47 bits per heavy atom. The summed E-state index contributed by atoms with van der Waals surface area (Å²) in [4.78, 5) is 11.5. The van der Waals surface area contributed by atoms with Gasteiger partial charge in [-0.2, -0.15) is 0 Å². The van der Waals surface area contributed by atoms with Gasteiger partial charge >= 0.3 is 0 Å². The molecule has 0 fully saturated rings. The predicted molar refractivity (Wildman–Crippen MR) is 64.6 cm³/mol. The largest absolute Gasteiger partial charge is 0.459 e. The van der Waals surface area contributed by atoms with Crippen molar-refractivity contribution in [3.8, 4) is 0 Å². The molecule has 96 valence electrons.